The quantitative estimate of drug-likeness (QED) is 0.298. The number of hydrogen-bond acceptors (Lipinski definition) is 5. The Morgan fingerprint density at radius 2 is 1.53 bits per heavy atom. The summed E-state index contributed by atoms with van der Waals surface area (Å²) in [6.45, 7) is 3.37. The Hall–Kier alpha value is -3.51. The lowest BCUT2D eigenvalue weighted by Crippen LogP contribution is -2.34. The van der Waals surface area contributed by atoms with Crippen molar-refractivity contribution in [2.75, 3.05) is 0 Å². The number of aromatic nitrogens is 1. The molecule has 4 aromatic rings. The van der Waals surface area contributed by atoms with Crippen molar-refractivity contribution in [1.82, 2.24) is 0 Å². The van der Waals surface area contributed by atoms with Gasteiger partial charge >= 0.3 is 0 Å². The Balaban J connectivity index is 1.51. The SMILES string of the molecule is CC[n+]1c(CN=Nc2cccc3c2C(=O)c2ccccc2C3=O)sc2ccccc21. The summed E-state index contributed by atoms with van der Waals surface area (Å²) >= 11 is 1.69. The van der Waals surface area contributed by atoms with Crippen LogP contribution in [0.15, 0.2) is 77.0 Å². The molecule has 0 saturated carbocycles. The van der Waals surface area contributed by atoms with Crippen molar-refractivity contribution >= 4 is 38.8 Å². The van der Waals surface area contributed by atoms with E-state index in [0.717, 1.165) is 11.6 Å². The lowest BCUT2D eigenvalue weighted by molar-refractivity contribution is -0.670. The molecule has 5 rings (SSSR count). The first-order valence-corrected chi connectivity index (χ1v) is 10.6. The molecule has 0 fully saturated rings. The second kappa shape index (κ2) is 7.39. The number of carbonyl (C=O) groups is 2. The van der Waals surface area contributed by atoms with Gasteiger partial charge in [0, 0.05) is 22.8 Å². The predicted octanol–water partition coefficient (Wildman–Crippen LogP) is 5.27. The molecule has 0 aliphatic heterocycles. The van der Waals surface area contributed by atoms with Gasteiger partial charge in [0.15, 0.2) is 18.1 Å². The van der Waals surface area contributed by atoms with E-state index < -0.39 is 0 Å². The van der Waals surface area contributed by atoms with Crippen LogP contribution in [0.2, 0.25) is 0 Å². The Morgan fingerprint density at radius 1 is 0.833 bits per heavy atom. The third kappa shape index (κ3) is 2.88. The maximum atomic E-state index is 13.1. The van der Waals surface area contributed by atoms with Crippen molar-refractivity contribution in [3.05, 3.63) is 94.0 Å². The van der Waals surface area contributed by atoms with Crippen molar-refractivity contribution in [2.45, 2.75) is 20.0 Å². The van der Waals surface area contributed by atoms with Crippen LogP contribution in [0.1, 0.15) is 43.8 Å². The van der Waals surface area contributed by atoms with Gasteiger partial charge < -0.3 is 0 Å². The fourth-order valence-electron chi connectivity index (χ4n) is 3.93. The second-order valence-electron chi connectivity index (χ2n) is 7.01. The zero-order valence-corrected chi connectivity index (χ0v) is 17.1. The standard InChI is InChI=1S/C24H18N3O2S/c1-2-27-19-12-5-6-13-20(19)30-21(27)14-25-26-18-11-7-10-17-22(18)24(29)16-9-4-3-8-15(16)23(17)28/h3-13H,2,14H2,1H3/q+1. The van der Waals surface area contributed by atoms with Crippen LogP contribution in [0.4, 0.5) is 5.69 Å². The predicted molar refractivity (Wildman–Crippen MR) is 116 cm³/mol. The summed E-state index contributed by atoms with van der Waals surface area (Å²) in [7, 11) is 0. The molecule has 0 amide bonds. The fourth-order valence-corrected chi connectivity index (χ4v) is 5.07. The molecule has 0 N–H and O–H groups in total. The minimum Gasteiger partial charge on any atom is -0.289 e. The van der Waals surface area contributed by atoms with Gasteiger partial charge in [-0.3, -0.25) is 9.59 Å². The second-order valence-corrected chi connectivity index (χ2v) is 8.13. The molecular weight excluding hydrogens is 394 g/mol. The number of azo groups is 1. The highest BCUT2D eigenvalue weighted by atomic mass is 32.1. The van der Waals surface area contributed by atoms with Gasteiger partial charge in [0.1, 0.15) is 11.2 Å². The molecule has 3 aromatic carbocycles. The third-order valence-electron chi connectivity index (χ3n) is 5.32. The van der Waals surface area contributed by atoms with Gasteiger partial charge in [-0.1, -0.05) is 59.9 Å². The number of nitrogens with zero attached hydrogens (tertiary/aromatic N) is 3. The molecule has 1 aliphatic rings. The monoisotopic (exact) mass is 412 g/mol. The Bertz CT molecular complexity index is 1350. The summed E-state index contributed by atoms with van der Waals surface area (Å²) in [5.74, 6) is -0.328. The van der Waals surface area contributed by atoms with E-state index in [2.05, 4.69) is 33.9 Å². The van der Waals surface area contributed by atoms with Crippen LogP contribution in [0.25, 0.3) is 10.2 Å². The van der Waals surface area contributed by atoms with Crippen LogP contribution < -0.4 is 4.57 Å². The minimum absolute atomic E-state index is 0.148. The van der Waals surface area contributed by atoms with Crippen molar-refractivity contribution in [1.29, 1.82) is 0 Å². The molecular formula is C24H18N3O2S+. The highest BCUT2D eigenvalue weighted by Crippen LogP contribution is 2.33. The molecule has 5 nitrogen and oxygen atoms in total. The van der Waals surface area contributed by atoms with Crippen LogP contribution in [-0.4, -0.2) is 11.6 Å². The normalized spacial score (nSPS) is 13.1. The third-order valence-corrected chi connectivity index (χ3v) is 6.47. The van der Waals surface area contributed by atoms with E-state index in [0.29, 0.717) is 34.5 Å². The zero-order valence-electron chi connectivity index (χ0n) is 16.3. The lowest BCUT2D eigenvalue weighted by atomic mass is 9.83. The zero-order chi connectivity index (χ0) is 20.7. The lowest BCUT2D eigenvalue weighted by Gasteiger charge is -2.18. The van der Waals surface area contributed by atoms with E-state index in [9.17, 15) is 9.59 Å². The topological polar surface area (TPSA) is 62.7 Å². The number of ketones is 2. The summed E-state index contributed by atoms with van der Waals surface area (Å²) < 4.78 is 3.43. The summed E-state index contributed by atoms with van der Waals surface area (Å²) in [6, 6.07) is 20.3. The molecule has 0 bridgehead atoms. The Morgan fingerprint density at radius 3 is 2.33 bits per heavy atom. The van der Waals surface area contributed by atoms with Crippen LogP contribution in [0, 0.1) is 0 Å². The smallest absolute Gasteiger partial charge is 0.262 e. The van der Waals surface area contributed by atoms with Gasteiger partial charge in [0.25, 0.3) is 5.01 Å². The fraction of sp³-hybridized carbons (Fsp3) is 0.125. The number of carbonyl (C=O) groups excluding carboxylic acids is 2. The number of thiazole rings is 1. The number of para-hydroxylation sites is 1. The van der Waals surface area contributed by atoms with Gasteiger partial charge in [0.05, 0.1) is 11.3 Å². The molecule has 30 heavy (non-hydrogen) atoms. The van der Waals surface area contributed by atoms with Gasteiger partial charge in [0.2, 0.25) is 5.52 Å². The summed E-state index contributed by atoms with van der Waals surface area (Å²) in [6.07, 6.45) is 0. The number of hydrogen-bond donors (Lipinski definition) is 0. The van der Waals surface area contributed by atoms with E-state index in [4.69, 9.17) is 0 Å². The maximum Gasteiger partial charge on any atom is 0.262 e. The largest absolute Gasteiger partial charge is 0.289 e. The van der Waals surface area contributed by atoms with Crippen molar-refractivity contribution in [2.24, 2.45) is 10.2 Å². The highest BCUT2D eigenvalue weighted by molar-refractivity contribution is 7.18. The van der Waals surface area contributed by atoms with Gasteiger partial charge in [-0.05, 0) is 19.1 Å². The van der Waals surface area contributed by atoms with Gasteiger partial charge in [-0.25, -0.2) is 0 Å². The molecule has 0 saturated heterocycles. The summed E-state index contributed by atoms with van der Waals surface area (Å²) in [4.78, 5) is 25.9. The number of benzene rings is 3. The van der Waals surface area contributed by atoms with Crippen LogP contribution >= 0.6 is 11.3 Å². The van der Waals surface area contributed by atoms with Gasteiger partial charge in [-0.15, -0.1) is 0 Å². The molecule has 1 heterocycles. The molecule has 6 heteroatoms. The van der Waals surface area contributed by atoms with E-state index in [1.807, 2.05) is 12.1 Å². The molecule has 0 unspecified atom stereocenters. The van der Waals surface area contributed by atoms with Crippen LogP contribution in [-0.2, 0) is 13.1 Å². The van der Waals surface area contributed by atoms with E-state index >= 15 is 0 Å². The highest BCUT2D eigenvalue weighted by Gasteiger charge is 2.31. The number of aryl methyl sites for hydroxylation is 1. The molecule has 0 radical (unpaired) electrons. The van der Waals surface area contributed by atoms with Gasteiger partial charge in [-0.2, -0.15) is 14.8 Å². The van der Waals surface area contributed by atoms with E-state index in [-0.39, 0.29) is 11.6 Å². The molecule has 146 valence electrons. The molecule has 0 atom stereocenters. The number of rotatable bonds is 4. The van der Waals surface area contributed by atoms with E-state index in [1.165, 1.54) is 10.2 Å². The average molecular weight is 412 g/mol. The average Bonchev–Trinajstić information content (AvgIpc) is 3.14. The number of fused-ring (bicyclic) bond motifs is 3. The first kappa shape index (κ1) is 18.5. The maximum absolute atomic E-state index is 13.1. The van der Waals surface area contributed by atoms with Crippen molar-refractivity contribution in [3.8, 4) is 0 Å². The van der Waals surface area contributed by atoms with Crippen LogP contribution in [0.5, 0.6) is 0 Å². The van der Waals surface area contributed by atoms with Crippen molar-refractivity contribution < 1.29 is 14.2 Å². The first-order valence-electron chi connectivity index (χ1n) is 9.78. The minimum atomic E-state index is -0.180. The van der Waals surface area contributed by atoms with E-state index in [1.54, 1.807) is 53.8 Å². The molecule has 1 aliphatic carbocycles. The summed E-state index contributed by atoms with van der Waals surface area (Å²) in [5.41, 5.74) is 3.21. The van der Waals surface area contributed by atoms with Crippen LogP contribution in [0.3, 0.4) is 0 Å². The Kier molecular flexibility index (Phi) is 4.56. The molecule has 0 spiro atoms. The van der Waals surface area contributed by atoms with Crippen molar-refractivity contribution in [3.63, 3.8) is 0 Å². The first-order chi connectivity index (χ1) is 14.7. The summed E-state index contributed by atoms with van der Waals surface area (Å²) in [5, 5.41) is 9.85. The molecule has 1 aromatic heterocycles. The Labute approximate surface area is 177 Å².